The highest BCUT2D eigenvalue weighted by Gasteiger charge is 2.34. The van der Waals surface area contributed by atoms with Crippen LogP contribution in [-0.2, 0) is 10.2 Å². The molecule has 0 aromatic rings. The Bertz CT molecular complexity index is 332. The highest BCUT2D eigenvalue weighted by Crippen LogP contribution is 2.28. The number of nitrogens with zero attached hydrogens (tertiary/aromatic N) is 1. The molecular weight excluding hydrogens is 226 g/mol. The van der Waals surface area contributed by atoms with Crippen molar-refractivity contribution in [2.45, 2.75) is 44.1 Å². The van der Waals surface area contributed by atoms with Crippen molar-refractivity contribution in [3.8, 4) is 0 Å². The summed E-state index contributed by atoms with van der Waals surface area (Å²) in [6.07, 6.45) is 6.03. The molecule has 94 valence electrons. The summed E-state index contributed by atoms with van der Waals surface area (Å²) in [5.74, 6) is 0. The Kier molecular flexibility index (Phi) is 3.53. The maximum atomic E-state index is 11.9. The smallest absolute Gasteiger partial charge is 0.279 e. The summed E-state index contributed by atoms with van der Waals surface area (Å²) in [6, 6.07) is 0. The van der Waals surface area contributed by atoms with Crippen molar-refractivity contribution in [1.82, 2.24) is 9.03 Å². The van der Waals surface area contributed by atoms with Gasteiger partial charge in [-0.3, -0.25) is 0 Å². The number of hydrogen-bond acceptors (Lipinski definition) is 3. The average Bonchev–Trinajstić information content (AvgIpc) is 2.25. The predicted molar refractivity (Wildman–Crippen MR) is 63.1 cm³/mol. The van der Waals surface area contributed by atoms with Crippen LogP contribution < -0.4 is 10.5 Å². The molecule has 1 saturated heterocycles. The van der Waals surface area contributed by atoms with E-state index in [1.54, 1.807) is 4.31 Å². The van der Waals surface area contributed by atoms with Crippen molar-refractivity contribution in [3.63, 3.8) is 0 Å². The van der Waals surface area contributed by atoms with Crippen molar-refractivity contribution >= 4 is 10.2 Å². The van der Waals surface area contributed by atoms with Crippen LogP contribution in [-0.4, -0.2) is 37.9 Å². The quantitative estimate of drug-likeness (QED) is 0.744. The van der Waals surface area contributed by atoms with Gasteiger partial charge in [-0.15, -0.1) is 0 Å². The molecule has 1 aliphatic carbocycles. The Balaban J connectivity index is 1.86. The summed E-state index contributed by atoms with van der Waals surface area (Å²) in [7, 11) is -3.29. The Hall–Kier alpha value is -0.170. The highest BCUT2D eigenvalue weighted by atomic mass is 32.2. The lowest BCUT2D eigenvalue weighted by molar-refractivity contribution is 0.247. The molecule has 1 aliphatic heterocycles. The van der Waals surface area contributed by atoms with Gasteiger partial charge in [0.25, 0.3) is 10.2 Å². The van der Waals surface area contributed by atoms with Crippen molar-refractivity contribution in [2.75, 3.05) is 19.6 Å². The number of piperidine rings is 1. The standard InChI is InChI=1S/C10H21N3O2S/c11-10(5-4-6-10)9-12-16(14,15)13-7-2-1-3-8-13/h12H,1-9,11H2. The van der Waals surface area contributed by atoms with Gasteiger partial charge in [0.2, 0.25) is 0 Å². The summed E-state index contributed by atoms with van der Waals surface area (Å²) >= 11 is 0. The van der Waals surface area contributed by atoms with Gasteiger partial charge in [-0.2, -0.15) is 12.7 Å². The second-order valence-corrected chi connectivity index (χ2v) is 6.76. The first-order valence-electron chi connectivity index (χ1n) is 6.06. The molecule has 0 spiro atoms. The molecule has 2 aliphatic rings. The van der Waals surface area contributed by atoms with Crippen LogP contribution in [0.3, 0.4) is 0 Å². The second kappa shape index (κ2) is 4.60. The molecule has 2 rings (SSSR count). The molecule has 0 aromatic carbocycles. The van der Waals surface area contributed by atoms with Gasteiger partial charge in [-0.1, -0.05) is 6.42 Å². The van der Waals surface area contributed by atoms with E-state index in [0.29, 0.717) is 19.6 Å². The number of rotatable bonds is 4. The summed E-state index contributed by atoms with van der Waals surface area (Å²) in [4.78, 5) is 0. The second-order valence-electron chi connectivity index (χ2n) is 5.00. The van der Waals surface area contributed by atoms with E-state index in [4.69, 9.17) is 5.73 Å². The van der Waals surface area contributed by atoms with Crippen molar-refractivity contribution in [3.05, 3.63) is 0 Å². The lowest BCUT2D eigenvalue weighted by Gasteiger charge is -2.38. The maximum Gasteiger partial charge on any atom is 0.279 e. The van der Waals surface area contributed by atoms with E-state index in [2.05, 4.69) is 4.72 Å². The molecule has 0 aromatic heterocycles. The highest BCUT2D eigenvalue weighted by molar-refractivity contribution is 7.87. The molecule has 0 bridgehead atoms. The summed E-state index contributed by atoms with van der Waals surface area (Å²) in [5, 5.41) is 0. The Labute approximate surface area is 97.6 Å². The summed E-state index contributed by atoms with van der Waals surface area (Å²) in [6.45, 7) is 1.67. The van der Waals surface area contributed by atoms with E-state index in [0.717, 1.165) is 38.5 Å². The van der Waals surface area contributed by atoms with Gasteiger partial charge in [0, 0.05) is 25.2 Å². The van der Waals surface area contributed by atoms with Crippen LogP contribution in [0.1, 0.15) is 38.5 Å². The van der Waals surface area contributed by atoms with Gasteiger partial charge in [-0.25, -0.2) is 4.72 Å². The van der Waals surface area contributed by atoms with Gasteiger partial charge in [0.1, 0.15) is 0 Å². The van der Waals surface area contributed by atoms with Crippen LogP contribution in [0.15, 0.2) is 0 Å². The van der Waals surface area contributed by atoms with Crippen LogP contribution in [0.2, 0.25) is 0 Å². The Morgan fingerprint density at radius 2 is 1.75 bits per heavy atom. The van der Waals surface area contributed by atoms with Crippen LogP contribution in [0.4, 0.5) is 0 Å². The van der Waals surface area contributed by atoms with E-state index in [1.807, 2.05) is 0 Å². The molecule has 2 fully saturated rings. The summed E-state index contributed by atoms with van der Waals surface area (Å²) < 4.78 is 28.0. The lowest BCUT2D eigenvalue weighted by Crippen LogP contribution is -2.57. The minimum absolute atomic E-state index is 0.289. The minimum Gasteiger partial charge on any atom is -0.324 e. The van der Waals surface area contributed by atoms with Gasteiger partial charge in [0.05, 0.1) is 0 Å². The van der Waals surface area contributed by atoms with Crippen LogP contribution in [0.5, 0.6) is 0 Å². The molecule has 1 heterocycles. The zero-order valence-electron chi connectivity index (χ0n) is 9.61. The topological polar surface area (TPSA) is 75.4 Å². The summed E-state index contributed by atoms with van der Waals surface area (Å²) in [5.41, 5.74) is 5.71. The Morgan fingerprint density at radius 1 is 1.12 bits per heavy atom. The molecule has 1 saturated carbocycles. The third-order valence-electron chi connectivity index (χ3n) is 3.61. The van der Waals surface area contributed by atoms with E-state index >= 15 is 0 Å². The third-order valence-corrected chi connectivity index (χ3v) is 5.17. The molecule has 0 atom stereocenters. The van der Waals surface area contributed by atoms with E-state index in [-0.39, 0.29) is 5.54 Å². The van der Waals surface area contributed by atoms with Gasteiger partial charge >= 0.3 is 0 Å². The average molecular weight is 247 g/mol. The fraction of sp³-hybridized carbons (Fsp3) is 1.00. The molecule has 0 amide bonds. The molecule has 0 radical (unpaired) electrons. The monoisotopic (exact) mass is 247 g/mol. The minimum atomic E-state index is -3.29. The molecule has 16 heavy (non-hydrogen) atoms. The lowest BCUT2D eigenvalue weighted by atomic mass is 9.78. The fourth-order valence-electron chi connectivity index (χ4n) is 2.24. The van der Waals surface area contributed by atoms with Crippen LogP contribution in [0.25, 0.3) is 0 Å². The molecule has 0 unspecified atom stereocenters. The normalized spacial score (nSPS) is 26.3. The first kappa shape index (κ1) is 12.3. The van der Waals surface area contributed by atoms with E-state index in [1.165, 1.54) is 0 Å². The van der Waals surface area contributed by atoms with Crippen molar-refractivity contribution in [2.24, 2.45) is 5.73 Å². The van der Waals surface area contributed by atoms with E-state index in [9.17, 15) is 8.42 Å². The van der Waals surface area contributed by atoms with Gasteiger partial charge in [-0.05, 0) is 32.1 Å². The fourth-order valence-corrected chi connectivity index (χ4v) is 3.63. The number of nitrogens with two attached hydrogens (primary N) is 1. The van der Waals surface area contributed by atoms with Crippen LogP contribution in [0, 0.1) is 0 Å². The maximum absolute atomic E-state index is 11.9. The van der Waals surface area contributed by atoms with Crippen molar-refractivity contribution < 1.29 is 8.42 Å². The first-order valence-corrected chi connectivity index (χ1v) is 7.50. The largest absolute Gasteiger partial charge is 0.324 e. The zero-order valence-corrected chi connectivity index (χ0v) is 10.4. The molecule has 3 N–H and O–H groups in total. The number of hydrogen-bond donors (Lipinski definition) is 2. The molecule has 5 nitrogen and oxygen atoms in total. The van der Waals surface area contributed by atoms with Gasteiger partial charge in [0.15, 0.2) is 0 Å². The molecule has 6 heteroatoms. The molecular formula is C10H21N3O2S. The predicted octanol–water partition coefficient (Wildman–Crippen LogP) is 0.188. The van der Waals surface area contributed by atoms with Gasteiger partial charge < -0.3 is 5.73 Å². The third kappa shape index (κ3) is 2.74. The first-order chi connectivity index (χ1) is 7.52. The number of nitrogens with one attached hydrogen (secondary N) is 1. The van der Waals surface area contributed by atoms with Crippen LogP contribution >= 0.6 is 0 Å². The Morgan fingerprint density at radius 3 is 2.25 bits per heavy atom. The van der Waals surface area contributed by atoms with E-state index < -0.39 is 10.2 Å². The van der Waals surface area contributed by atoms with Crippen molar-refractivity contribution in [1.29, 1.82) is 0 Å². The zero-order chi connectivity index (χ0) is 11.6. The SMILES string of the molecule is NC1(CNS(=O)(=O)N2CCCCC2)CCC1.